The molecule has 1 aromatic carbocycles. The normalized spacial score (nSPS) is 20.3. The molecule has 0 bridgehead atoms. The van der Waals surface area contributed by atoms with Crippen LogP contribution in [0.3, 0.4) is 0 Å². The maximum absolute atomic E-state index is 12.0. The number of carbonyl (C=O) groups excluding carboxylic acids is 1. The Labute approximate surface area is 107 Å². The lowest BCUT2D eigenvalue weighted by atomic mass is 10.1. The number of benzene rings is 1. The van der Waals surface area contributed by atoms with Crippen LogP contribution in [-0.4, -0.2) is 20.7 Å². The van der Waals surface area contributed by atoms with E-state index in [1.54, 1.807) is 24.3 Å². The lowest BCUT2D eigenvalue weighted by molar-refractivity contribution is -0.117. The van der Waals surface area contributed by atoms with E-state index in [1.165, 1.54) is 0 Å². The van der Waals surface area contributed by atoms with Crippen molar-refractivity contribution in [2.45, 2.75) is 31.1 Å². The van der Waals surface area contributed by atoms with Crippen molar-refractivity contribution in [2.24, 2.45) is 5.92 Å². The van der Waals surface area contributed by atoms with E-state index in [1.807, 2.05) is 6.92 Å². The number of hydrogen-bond acceptors (Lipinski definition) is 3. The fourth-order valence-electron chi connectivity index (χ4n) is 2.09. The first-order valence-electron chi connectivity index (χ1n) is 6.05. The minimum absolute atomic E-state index is 0.151. The molecule has 0 aliphatic heterocycles. The molecule has 18 heavy (non-hydrogen) atoms. The van der Waals surface area contributed by atoms with Crippen LogP contribution in [0.2, 0.25) is 0 Å². The zero-order valence-electron chi connectivity index (χ0n) is 10.3. The maximum Gasteiger partial charge on any atom is 0.240 e. The summed E-state index contributed by atoms with van der Waals surface area (Å²) in [5.41, 5.74) is 1.02. The standard InChI is InChI=1S/C13H17NO3S/c1-10-2-6-13(7-3-10)18(16,17)14-9-11-4-5-12(15)8-11/h2-3,6-7,11,14H,4-5,8-9H2,1H3. The number of carbonyl (C=O) groups is 1. The van der Waals surface area contributed by atoms with E-state index in [0.29, 0.717) is 19.4 Å². The lowest BCUT2D eigenvalue weighted by Crippen LogP contribution is -2.28. The van der Waals surface area contributed by atoms with Gasteiger partial charge in [0, 0.05) is 19.4 Å². The van der Waals surface area contributed by atoms with Gasteiger partial charge in [-0.15, -0.1) is 0 Å². The summed E-state index contributed by atoms with van der Waals surface area (Å²) in [5, 5.41) is 0. The molecule has 2 rings (SSSR count). The molecule has 1 aliphatic carbocycles. The van der Waals surface area contributed by atoms with Crippen molar-refractivity contribution >= 4 is 15.8 Å². The van der Waals surface area contributed by atoms with Crippen LogP contribution < -0.4 is 4.72 Å². The van der Waals surface area contributed by atoms with E-state index >= 15 is 0 Å². The molecular weight excluding hydrogens is 250 g/mol. The quantitative estimate of drug-likeness (QED) is 0.902. The molecule has 4 nitrogen and oxygen atoms in total. The number of Topliss-reactive ketones (excluding diaryl/α,β-unsaturated/α-hetero) is 1. The van der Waals surface area contributed by atoms with Gasteiger partial charge in [0.25, 0.3) is 0 Å². The molecule has 1 N–H and O–H groups in total. The van der Waals surface area contributed by atoms with Crippen LogP contribution in [0.25, 0.3) is 0 Å². The Balaban J connectivity index is 1.99. The first-order chi connectivity index (χ1) is 8.47. The van der Waals surface area contributed by atoms with Crippen molar-refractivity contribution in [1.82, 2.24) is 4.72 Å². The average Bonchev–Trinajstić information content (AvgIpc) is 2.73. The molecule has 0 amide bonds. The Morgan fingerprint density at radius 1 is 1.28 bits per heavy atom. The highest BCUT2D eigenvalue weighted by molar-refractivity contribution is 7.89. The topological polar surface area (TPSA) is 63.2 Å². The predicted molar refractivity (Wildman–Crippen MR) is 68.7 cm³/mol. The average molecular weight is 267 g/mol. The van der Waals surface area contributed by atoms with Crippen LogP contribution >= 0.6 is 0 Å². The van der Waals surface area contributed by atoms with Gasteiger partial charge in [-0.2, -0.15) is 0 Å². The van der Waals surface area contributed by atoms with Crippen molar-refractivity contribution in [1.29, 1.82) is 0 Å². The Bertz CT molecular complexity index is 534. The molecule has 1 atom stereocenters. The highest BCUT2D eigenvalue weighted by Crippen LogP contribution is 2.21. The predicted octanol–water partition coefficient (Wildman–Crippen LogP) is 1.64. The molecule has 1 saturated carbocycles. The van der Waals surface area contributed by atoms with Crippen LogP contribution in [0.4, 0.5) is 0 Å². The Morgan fingerprint density at radius 3 is 2.50 bits per heavy atom. The number of aryl methyl sites for hydroxylation is 1. The maximum atomic E-state index is 12.0. The Kier molecular flexibility index (Phi) is 3.82. The van der Waals surface area contributed by atoms with Crippen molar-refractivity contribution < 1.29 is 13.2 Å². The first kappa shape index (κ1) is 13.2. The monoisotopic (exact) mass is 267 g/mol. The summed E-state index contributed by atoms with van der Waals surface area (Å²) in [5.74, 6) is 0.382. The van der Waals surface area contributed by atoms with Gasteiger partial charge in [-0.3, -0.25) is 4.79 Å². The third kappa shape index (κ3) is 3.17. The zero-order chi connectivity index (χ0) is 13.2. The Hall–Kier alpha value is -1.20. The van der Waals surface area contributed by atoms with Gasteiger partial charge >= 0.3 is 0 Å². The molecule has 0 spiro atoms. The van der Waals surface area contributed by atoms with E-state index in [9.17, 15) is 13.2 Å². The van der Waals surface area contributed by atoms with Gasteiger partial charge in [0.1, 0.15) is 5.78 Å². The van der Waals surface area contributed by atoms with Gasteiger partial charge in [-0.25, -0.2) is 13.1 Å². The smallest absolute Gasteiger partial charge is 0.240 e. The van der Waals surface area contributed by atoms with Gasteiger partial charge in [-0.1, -0.05) is 17.7 Å². The zero-order valence-corrected chi connectivity index (χ0v) is 11.2. The largest absolute Gasteiger partial charge is 0.300 e. The van der Waals surface area contributed by atoms with Gasteiger partial charge in [0.15, 0.2) is 0 Å². The minimum Gasteiger partial charge on any atom is -0.300 e. The fourth-order valence-corrected chi connectivity index (χ4v) is 3.21. The van der Waals surface area contributed by atoms with E-state index < -0.39 is 10.0 Å². The number of ketones is 1. The highest BCUT2D eigenvalue weighted by atomic mass is 32.2. The SMILES string of the molecule is Cc1ccc(S(=O)(=O)NCC2CCC(=O)C2)cc1. The second-order valence-electron chi connectivity index (χ2n) is 4.81. The first-order valence-corrected chi connectivity index (χ1v) is 7.54. The minimum atomic E-state index is -3.44. The summed E-state index contributed by atoms with van der Waals surface area (Å²) in [6.45, 7) is 2.26. The number of hydrogen-bond donors (Lipinski definition) is 1. The van der Waals surface area contributed by atoms with Crippen LogP contribution in [0.1, 0.15) is 24.8 Å². The number of sulfonamides is 1. The van der Waals surface area contributed by atoms with E-state index in [4.69, 9.17) is 0 Å². The van der Waals surface area contributed by atoms with Gasteiger partial charge in [0.05, 0.1) is 4.90 Å². The van der Waals surface area contributed by atoms with Crippen molar-refractivity contribution in [2.75, 3.05) is 6.54 Å². The number of nitrogens with one attached hydrogen (secondary N) is 1. The second-order valence-corrected chi connectivity index (χ2v) is 6.58. The third-order valence-electron chi connectivity index (χ3n) is 3.24. The second kappa shape index (κ2) is 5.20. The molecular formula is C13H17NO3S. The molecule has 0 radical (unpaired) electrons. The fraction of sp³-hybridized carbons (Fsp3) is 0.462. The van der Waals surface area contributed by atoms with Gasteiger partial charge < -0.3 is 0 Å². The molecule has 1 unspecified atom stereocenters. The molecule has 5 heteroatoms. The van der Waals surface area contributed by atoms with Crippen molar-refractivity contribution in [3.05, 3.63) is 29.8 Å². The molecule has 1 aliphatic rings. The summed E-state index contributed by atoms with van der Waals surface area (Å²) < 4.78 is 26.5. The summed E-state index contributed by atoms with van der Waals surface area (Å²) >= 11 is 0. The van der Waals surface area contributed by atoms with Crippen LogP contribution in [-0.2, 0) is 14.8 Å². The third-order valence-corrected chi connectivity index (χ3v) is 4.68. The highest BCUT2D eigenvalue weighted by Gasteiger charge is 2.24. The van der Waals surface area contributed by atoms with Crippen LogP contribution in [0.15, 0.2) is 29.2 Å². The summed E-state index contributed by atoms with van der Waals surface area (Å²) in [6, 6.07) is 6.73. The number of rotatable bonds is 4. The molecule has 98 valence electrons. The Morgan fingerprint density at radius 2 is 1.94 bits per heavy atom. The van der Waals surface area contributed by atoms with Crippen molar-refractivity contribution in [3.63, 3.8) is 0 Å². The molecule has 0 saturated heterocycles. The van der Waals surface area contributed by atoms with E-state index in [-0.39, 0.29) is 16.6 Å². The molecule has 0 aromatic heterocycles. The van der Waals surface area contributed by atoms with Gasteiger partial charge in [-0.05, 0) is 31.4 Å². The lowest BCUT2D eigenvalue weighted by Gasteiger charge is -2.10. The molecule has 1 aromatic rings. The summed E-state index contributed by atoms with van der Waals surface area (Å²) in [7, 11) is -3.44. The molecule has 0 heterocycles. The van der Waals surface area contributed by atoms with Crippen molar-refractivity contribution in [3.8, 4) is 0 Å². The van der Waals surface area contributed by atoms with Crippen LogP contribution in [0.5, 0.6) is 0 Å². The summed E-state index contributed by atoms with van der Waals surface area (Å²) in [4.78, 5) is 11.4. The van der Waals surface area contributed by atoms with Gasteiger partial charge in [0.2, 0.25) is 10.0 Å². The molecule has 1 fully saturated rings. The van der Waals surface area contributed by atoms with E-state index in [2.05, 4.69) is 4.72 Å². The van der Waals surface area contributed by atoms with E-state index in [0.717, 1.165) is 12.0 Å². The summed E-state index contributed by atoms with van der Waals surface area (Å²) in [6.07, 6.45) is 1.86. The van der Waals surface area contributed by atoms with Crippen LogP contribution in [0, 0.1) is 12.8 Å².